The minimum Gasteiger partial charge on any atom is -0.507 e. The summed E-state index contributed by atoms with van der Waals surface area (Å²) in [4.78, 5) is 31.9. The van der Waals surface area contributed by atoms with Crippen molar-refractivity contribution in [2.24, 2.45) is 0 Å². The fourth-order valence-corrected chi connectivity index (χ4v) is 4.36. The van der Waals surface area contributed by atoms with Crippen LogP contribution in [0.1, 0.15) is 23.6 Å². The van der Waals surface area contributed by atoms with Crippen molar-refractivity contribution >= 4 is 33.4 Å². The fourth-order valence-electron chi connectivity index (χ4n) is 4.09. The van der Waals surface area contributed by atoms with Crippen molar-refractivity contribution in [3.8, 4) is 11.5 Å². The van der Waals surface area contributed by atoms with Gasteiger partial charge >= 0.3 is 0 Å². The number of imidazole rings is 1. The molecule has 0 aliphatic carbocycles. The first-order chi connectivity index (χ1) is 16.4. The van der Waals surface area contributed by atoms with E-state index in [1.54, 1.807) is 55.0 Å². The van der Waals surface area contributed by atoms with E-state index in [-0.39, 0.29) is 11.3 Å². The maximum absolute atomic E-state index is 13.2. The van der Waals surface area contributed by atoms with Crippen LogP contribution < -0.4 is 9.47 Å². The highest BCUT2D eigenvalue weighted by Crippen LogP contribution is 2.44. The van der Waals surface area contributed by atoms with Crippen LogP contribution in [0.4, 0.5) is 0 Å². The number of benzene rings is 2. The van der Waals surface area contributed by atoms with Gasteiger partial charge in [-0.25, -0.2) is 4.98 Å². The van der Waals surface area contributed by atoms with Crippen molar-refractivity contribution in [3.05, 3.63) is 82.4 Å². The highest BCUT2D eigenvalue weighted by atomic mass is 79.9. The molecule has 3 aromatic rings. The SMILES string of the molecule is COc1ccc(OC)c(C2/C(=C(\O)c3ccc(Br)cc3)C(=O)C(=O)N2CCCn2ccnc2)c1. The lowest BCUT2D eigenvalue weighted by Gasteiger charge is -2.27. The van der Waals surface area contributed by atoms with Gasteiger partial charge in [0, 0.05) is 41.1 Å². The molecule has 2 heterocycles. The van der Waals surface area contributed by atoms with E-state index >= 15 is 0 Å². The number of hydrogen-bond acceptors (Lipinski definition) is 6. The molecule has 1 saturated heterocycles. The van der Waals surface area contributed by atoms with Crippen LogP contribution in [0.15, 0.2) is 71.2 Å². The van der Waals surface area contributed by atoms with Crippen LogP contribution in [-0.2, 0) is 16.1 Å². The minimum atomic E-state index is -0.837. The summed E-state index contributed by atoms with van der Waals surface area (Å²) in [6.45, 7) is 0.919. The third-order valence-corrected chi connectivity index (χ3v) is 6.29. The zero-order chi connectivity index (χ0) is 24.2. The van der Waals surface area contributed by atoms with Gasteiger partial charge in [0.25, 0.3) is 11.7 Å². The molecule has 0 spiro atoms. The number of Topliss-reactive ketones (excluding diaryl/α,β-unsaturated/α-hetero) is 1. The molecule has 1 N–H and O–H groups in total. The van der Waals surface area contributed by atoms with Gasteiger partial charge in [-0.1, -0.05) is 28.1 Å². The van der Waals surface area contributed by atoms with Gasteiger partial charge in [0.15, 0.2) is 0 Å². The average Bonchev–Trinajstić information content (AvgIpc) is 3.46. The van der Waals surface area contributed by atoms with Crippen molar-refractivity contribution in [3.63, 3.8) is 0 Å². The largest absolute Gasteiger partial charge is 0.507 e. The van der Waals surface area contributed by atoms with Crippen LogP contribution in [0.25, 0.3) is 5.76 Å². The Bertz CT molecular complexity index is 1220. The molecule has 34 heavy (non-hydrogen) atoms. The van der Waals surface area contributed by atoms with E-state index in [9.17, 15) is 14.7 Å². The second kappa shape index (κ2) is 10.1. The Hall–Kier alpha value is -3.59. The lowest BCUT2D eigenvalue weighted by Crippen LogP contribution is -2.31. The first kappa shape index (κ1) is 23.6. The zero-order valence-corrected chi connectivity index (χ0v) is 20.4. The first-order valence-corrected chi connectivity index (χ1v) is 11.5. The molecular weight excluding hydrogens is 502 g/mol. The van der Waals surface area contributed by atoms with Crippen LogP contribution in [0.2, 0.25) is 0 Å². The highest BCUT2D eigenvalue weighted by molar-refractivity contribution is 9.10. The molecule has 1 aliphatic rings. The van der Waals surface area contributed by atoms with Crippen LogP contribution >= 0.6 is 15.9 Å². The summed E-state index contributed by atoms with van der Waals surface area (Å²) in [6, 6.07) is 11.2. The second-order valence-corrected chi connectivity index (χ2v) is 8.68. The molecule has 1 aromatic heterocycles. The van der Waals surface area contributed by atoms with Gasteiger partial charge < -0.3 is 24.0 Å². The Morgan fingerprint density at radius 3 is 2.50 bits per heavy atom. The molecule has 0 saturated carbocycles. The summed E-state index contributed by atoms with van der Waals surface area (Å²) in [6.07, 6.45) is 5.81. The number of amides is 1. The fraction of sp³-hybridized carbons (Fsp3) is 0.240. The quantitative estimate of drug-likeness (QED) is 0.269. The molecule has 8 nitrogen and oxygen atoms in total. The van der Waals surface area contributed by atoms with E-state index in [1.165, 1.54) is 19.1 Å². The molecule has 9 heteroatoms. The number of aliphatic hydroxyl groups is 1. The molecule has 0 bridgehead atoms. The summed E-state index contributed by atoms with van der Waals surface area (Å²) in [7, 11) is 3.06. The average molecular weight is 526 g/mol. The van der Waals surface area contributed by atoms with Crippen molar-refractivity contribution in [1.82, 2.24) is 14.5 Å². The van der Waals surface area contributed by atoms with Crippen LogP contribution in [0, 0.1) is 0 Å². The number of aromatic nitrogens is 2. The maximum atomic E-state index is 13.2. The van der Waals surface area contributed by atoms with E-state index in [0.717, 1.165) is 4.47 Å². The van der Waals surface area contributed by atoms with Gasteiger partial charge in [-0.3, -0.25) is 9.59 Å². The molecule has 1 fully saturated rings. The molecular formula is C25H24BrN3O5. The maximum Gasteiger partial charge on any atom is 0.295 e. The lowest BCUT2D eigenvalue weighted by molar-refractivity contribution is -0.140. The number of likely N-dealkylation sites (tertiary alicyclic amines) is 1. The molecule has 1 unspecified atom stereocenters. The van der Waals surface area contributed by atoms with Crippen LogP contribution in [0.5, 0.6) is 11.5 Å². The highest BCUT2D eigenvalue weighted by Gasteiger charge is 2.47. The van der Waals surface area contributed by atoms with E-state index < -0.39 is 17.7 Å². The Morgan fingerprint density at radius 1 is 1.09 bits per heavy atom. The summed E-state index contributed by atoms with van der Waals surface area (Å²) < 4.78 is 13.7. The molecule has 1 amide bonds. The van der Waals surface area contributed by atoms with Gasteiger partial charge in [-0.2, -0.15) is 0 Å². The predicted octanol–water partition coefficient (Wildman–Crippen LogP) is 4.17. The van der Waals surface area contributed by atoms with E-state index in [1.807, 2.05) is 10.8 Å². The predicted molar refractivity (Wildman–Crippen MR) is 130 cm³/mol. The van der Waals surface area contributed by atoms with Crippen molar-refractivity contribution in [2.75, 3.05) is 20.8 Å². The standard InChI is InChI=1S/C25H24BrN3O5/c1-33-18-8-9-20(34-2)19(14-18)22-21(23(30)16-4-6-17(26)7-5-16)24(31)25(32)29(22)12-3-11-28-13-10-27-15-28/h4-10,13-15,22,30H,3,11-12H2,1-2H3/b23-21+. The molecule has 2 aromatic carbocycles. The summed E-state index contributed by atoms with van der Waals surface area (Å²) in [5.41, 5.74) is 1.01. The zero-order valence-electron chi connectivity index (χ0n) is 18.8. The summed E-state index contributed by atoms with van der Waals surface area (Å²) in [5.74, 6) is -0.618. The molecule has 1 aliphatic heterocycles. The van der Waals surface area contributed by atoms with Gasteiger partial charge in [0.2, 0.25) is 0 Å². The van der Waals surface area contributed by atoms with Gasteiger partial charge in [-0.15, -0.1) is 0 Å². The lowest BCUT2D eigenvalue weighted by atomic mass is 9.94. The monoisotopic (exact) mass is 525 g/mol. The normalized spacial score (nSPS) is 17.3. The number of ketones is 1. The number of ether oxygens (including phenoxy) is 2. The smallest absolute Gasteiger partial charge is 0.295 e. The molecule has 1 atom stereocenters. The van der Waals surface area contributed by atoms with Crippen LogP contribution in [0.3, 0.4) is 0 Å². The number of halogens is 1. The second-order valence-electron chi connectivity index (χ2n) is 7.76. The first-order valence-electron chi connectivity index (χ1n) is 10.7. The van der Waals surface area contributed by atoms with E-state index in [4.69, 9.17) is 9.47 Å². The number of methoxy groups -OCH3 is 2. The van der Waals surface area contributed by atoms with Crippen molar-refractivity contribution in [2.45, 2.75) is 19.0 Å². The van der Waals surface area contributed by atoms with Gasteiger partial charge in [0.1, 0.15) is 17.3 Å². The molecule has 176 valence electrons. The Labute approximate surface area is 205 Å². The molecule has 0 radical (unpaired) electrons. The number of aliphatic hydroxyl groups excluding tert-OH is 1. The number of aryl methyl sites for hydroxylation is 1. The number of carbonyl (C=O) groups excluding carboxylic acids is 2. The summed E-state index contributed by atoms with van der Waals surface area (Å²) >= 11 is 3.37. The summed E-state index contributed by atoms with van der Waals surface area (Å²) in [5, 5.41) is 11.2. The Balaban J connectivity index is 1.81. The van der Waals surface area contributed by atoms with Gasteiger partial charge in [-0.05, 0) is 36.8 Å². The number of nitrogens with zero attached hydrogens (tertiary/aromatic N) is 3. The number of hydrogen-bond donors (Lipinski definition) is 1. The van der Waals surface area contributed by atoms with E-state index in [0.29, 0.717) is 42.1 Å². The van der Waals surface area contributed by atoms with E-state index in [2.05, 4.69) is 20.9 Å². The topological polar surface area (TPSA) is 93.9 Å². The number of rotatable bonds is 8. The minimum absolute atomic E-state index is 0.0153. The number of carbonyl (C=O) groups is 2. The third-order valence-electron chi connectivity index (χ3n) is 5.76. The Kier molecular flexibility index (Phi) is 7.02. The van der Waals surface area contributed by atoms with Crippen molar-refractivity contribution < 1.29 is 24.2 Å². The van der Waals surface area contributed by atoms with Crippen molar-refractivity contribution in [1.29, 1.82) is 0 Å². The van der Waals surface area contributed by atoms with Crippen LogP contribution in [-0.4, -0.2) is 52.0 Å². The molecule has 4 rings (SSSR count). The third kappa shape index (κ3) is 4.56. The van der Waals surface area contributed by atoms with Gasteiger partial charge in [0.05, 0.1) is 32.2 Å². The Morgan fingerprint density at radius 2 is 1.85 bits per heavy atom.